The maximum atomic E-state index is 13.3. The predicted molar refractivity (Wildman–Crippen MR) is 96.6 cm³/mol. The lowest BCUT2D eigenvalue weighted by Crippen LogP contribution is -3.07. The van der Waals surface area contributed by atoms with Crippen LogP contribution in [-0.4, -0.2) is 26.8 Å². The van der Waals surface area contributed by atoms with E-state index in [0.717, 1.165) is 16.2 Å². The molecule has 0 aliphatic carbocycles. The van der Waals surface area contributed by atoms with Crippen LogP contribution >= 0.6 is 12.2 Å². The third kappa shape index (κ3) is 4.00. The van der Waals surface area contributed by atoms with E-state index >= 15 is 0 Å². The van der Waals surface area contributed by atoms with Crippen molar-refractivity contribution in [3.8, 4) is 5.69 Å². The molecule has 0 radical (unpaired) electrons. The number of tetrazole rings is 1. The van der Waals surface area contributed by atoms with Gasteiger partial charge in [0.2, 0.25) is 4.77 Å². The molecule has 3 aromatic rings. The Morgan fingerprint density at radius 3 is 2.60 bits per heavy atom. The van der Waals surface area contributed by atoms with Crippen LogP contribution in [0.25, 0.3) is 5.69 Å². The minimum atomic E-state index is -0.220. The second kappa shape index (κ2) is 7.25. The van der Waals surface area contributed by atoms with Crippen LogP contribution in [0, 0.1) is 24.4 Å². The largest absolute Gasteiger partial charge is 0.315 e. The van der Waals surface area contributed by atoms with Gasteiger partial charge in [-0.3, -0.25) is 0 Å². The number of aryl methyl sites for hydroxylation is 2. The average Bonchev–Trinajstić information content (AvgIpc) is 2.91. The Kier molecular flexibility index (Phi) is 5.06. The zero-order valence-corrected chi connectivity index (χ0v) is 15.3. The molecule has 0 aliphatic rings. The van der Waals surface area contributed by atoms with E-state index in [-0.39, 0.29) is 5.82 Å². The molecule has 0 saturated carbocycles. The number of nitrogens with zero attached hydrogens (tertiary/aromatic N) is 4. The predicted octanol–water partition coefficient (Wildman–Crippen LogP) is 2.23. The molecule has 0 fully saturated rings. The minimum absolute atomic E-state index is 0.220. The molecule has 0 bridgehead atoms. The number of rotatable bonds is 5. The molecule has 0 aliphatic heterocycles. The van der Waals surface area contributed by atoms with Crippen molar-refractivity contribution in [1.82, 2.24) is 19.8 Å². The zero-order valence-electron chi connectivity index (χ0n) is 14.5. The number of aromatic nitrogens is 4. The molecular weight excluding hydrogens is 337 g/mol. The normalized spacial score (nSPS) is 12.3. The number of benzene rings is 2. The van der Waals surface area contributed by atoms with Gasteiger partial charge in [-0.25, -0.2) is 4.39 Å². The van der Waals surface area contributed by atoms with Gasteiger partial charge in [-0.05, 0) is 71.9 Å². The summed E-state index contributed by atoms with van der Waals surface area (Å²) in [5, 5.41) is 8.36. The van der Waals surface area contributed by atoms with E-state index in [2.05, 4.69) is 24.3 Å². The molecule has 25 heavy (non-hydrogen) atoms. The van der Waals surface area contributed by atoms with Gasteiger partial charge in [-0.2, -0.15) is 9.36 Å². The highest BCUT2D eigenvalue weighted by molar-refractivity contribution is 7.71. The quantitative estimate of drug-likeness (QED) is 0.711. The first-order valence-corrected chi connectivity index (χ1v) is 8.51. The highest BCUT2D eigenvalue weighted by Gasteiger charge is 2.11. The summed E-state index contributed by atoms with van der Waals surface area (Å²) in [5.74, 6) is -0.220. The summed E-state index contributed by atoms with van der Waals surface area (Å²) in [5.41, 5.74) is 4.25. The second-order valence-corrected chi connectivity index (χ2v) is 6.73. The topological polar surface area (TPSA) is 40.1 Å². The molecule has 7 heteroatoms. The van der Waals surface area contributed by atoms with Gasteiger partial charge in [0.05, 0.1) is 12.7 Å². The molecule has 5 nitrogen and oxygen atoms in total. The maximum absolute atomic E-state index is 13.3. The molecule has 1 N–H and O–H groups in total. The maximum Gasteiger partial charge on any atom is 0.225 e. The third-order valence-electron chi connectivity index (χ3n) is 4.19. The van der Waals surface area contributed by atoms with E-state index in [1.807, 2.05) is 31.3 Å². The molecule has 130 valence electrons. The van der Waals surface area contributed by atoms with Crippen molar-refractivity contribution in [2.24, 2.45) is 0 Å². The molecule has 0 saturated heterocycles. The van der Waals surface area contributed by atoms with Gasteiger partial charge in [0.1, 0.15) is 12.4 Å². The Labute approximate surface area is 151 Å². The van der Waals surface area contributed by atoms with E-state index < -0.39 is 0 Å². The van der Waals surface area contributed by atoms with Crippen LogP contribution in [0.1, 0.15) is 16.7 Å². The third-order valence-corrected chi connectivity index (χ3v) is 4.57. The van der Waals surface area contributed by atoms with Crippen LogP contribution in [0.15, 0.2) is 42.5 Å². The Balaban J connectivity index is 1.77. The molecule has 1 heterocycles. The highest BCUT2D eigenvalue weighted by atomic mass is 32.1. The van der Waals surface area contributed by atoms with Gasteiger partial charge in [0, 0.05) is 5.56 Å². The van der Waals surface area contributed by atoms with Crippen LogP contribution in [0.5, 0.6) is 0 Å². The first-order valence-electron chi connectivity index (χ1n) is 8.10. The van der Waals surface area contributed by atoms with Gasteiger partial charge in [-0.1, -0.05) is 18.2 Å². The highest BCUT2D eigenvalue weighted by Crippen LogP contribution is 2.13. The summed E-state index contributed by atoms with van der Waals surface area (Å²) >= 11 is 5.51. The summed E-state index contributed by atoms with van der Waals surface area (Å²) in [7, 11) is 2.02. The molecule has 2 aromatic carbocycles. The van der Waals surface area contributed by atoms with Crippen molar-refractivity contribution in [2.75, 3.05) is 7.05 Å². The summed E-state index contributed by atoms with van der Waals surface area (Å²) in [6, 6.07) is 12.7. The van der Waals surface area contributed by atoms with Crippen molar-refractivity contribution in [1.29, 1.82) is 0 Å². The smallest absolute Gasteiger partial charge is 0.225 e. The number of nitrogens with one attached hydrogen (secondary N) is 1. The molecule has 1 unspecified atom stereocenters. The first kappa shape index (κ1) is 17.4. The molecule has 1 aromatic heterocycles. The molecule has 1 atom stereocenters. The number of hydrogen-bond donors (Lipinski definition) is 1. The number of hydrogen-bond acceptors (Lipinski definition) is 3. The van der Waals surface area contributed by atoms with E-state index in [1.165, 1.54) is 17.2 Å². The fourth-order valence-corrected chi connectivity index (χ4v) is 2.94. The lowest BCUT2D eigenvalue weighted by molar-refractivity contribution is -0.917. The SMILES string of the molecule is Cc1ccc(-n2nnn(C[NH+](C)Cc3cccc(F)c3)c2=S)cc1C. The lowest BCUT2D eigenvalue weighted by atomic mass is 10.1. The Morgan fingerprint density at radius 2 is 1.88 bits per heavy atom. The summed E-state index contributed by atoms with van der Waals surface area (Å²) in [4.78, 5) is 1.13. The van der Waals surface area contributed by atoms with Crippen molar-refractivity contribution in [2.45, 2.75) is 27.1 Å². The Hall–Kier alpha value is -2.38. The number of halogens is 1. The van der Waals surface area contributed by atoms with Crippen molar-refractivity contribution < 1.29 is 9.29 Å². The standard InChI is InChI=1S/C18H20FN5S/c1-13-7-8-17(9-14(13)2)24-18(25)23(20-21-24)12-22(3)11-15-5-4-6-16(19)10-15/h4-10H,11-12H2,1-3H3/p+1. The van der Waals surface area contributed by atoms with Gasteiger partial charge in [0.15, 0.2) is 6.67 Å². The summed E-state index contributed by atoms with van der Waals surface area (Å²) < 4.78 is 17.2. The van der Waals surface area contributed by atoms with Crippen LogP contribution in [0.2, 0.25) is 0 Å². The van der Waals surface area contributed by atoms with Crippen LogP contribution in [-0.2, 0) is 13.2 Å². The second-order valence-electron chi connectivity index (χ2n) is 6.36. The zero-order chi connectivity index (χ0) is 18.0. The molecule has 0 amide bonds. The first-order chi connectivity index (χ1) is 11.9. The molecule has 3 rings (SSSR count). The van der Waals surface area contributed by atoms with Crippen LogP contribution in [0.3, 0.4) is 0 Å². The number of quaternary nitrogens is 1. The van der Waals surface area contributed by atoms with Crippen molar-refractivity contribution in [3.63, 3.8) is 0 Å². The minimum Gasteiger partial charge on any atom is -0.315 e. The average molecular weight is 358 g/mol. The summed E-state index contributed by atoms with van der Waals surface area (Å²) in [6.07, 6.45) is 0. The fourth-order valence-electron chi connectivity index (χ4n) is 2.70. The van der Waals surface area contributed by atoms with Crippen LogP contribution < -0.4 is 4.90 Å². The Bertz CT molecular complexity index is 947. The van der Waals surface area contributed by atoms with Crippen LogP contribution in [0.4, 0.5) is 4.39 Å². The Morgan fingerprint density at radius 1 is 1.08 bits per heavy atom. The van der Waals surface area contributed by atoms with Gasteiger partial charge < -0.3 is 4.90 Å². The molecular formula is C18H21FN5S+. The van der Waals surface area contributed by atoms with Gasteiger partial charge in [-0.15, -0.1) is 0 Å². The van der Waals surface area contributed by atoms with Gasteiger partial charge >= 0.3 is 0 Å². The van der Waals surface area contributed by atoms with E-state index in [0.29, 0.717) is 18.0 Å². The monoisotopic (exact) mass is 358 g/mol. The fraction of sp³-hybridized carbons (Fsp3) is 0.278. The lowest BCUT2D eigenvalue weighted by Gasteiger charge is -2.13. The van der Waals surface area contributed by atoms with Crippen molar-refractivity contribution >= 4 is 12.2 Å². The molecule has 0 spiro atoms. The van der Waals surface area contributed by atoms with E-state index in [9.17, 15) is 4.39 Å². The van der Waals surface area contributed by atoms with E-state index in [4.69, 9.17) is 12.2 Å². The van der Waals surface area contributed by atoms with Gasteiger partial charge in [0.25, 0.3) is 0 Å². The van der Waals surface area contributed by atoms with E-state index in [1.54, 1.807) is 21.5 Å². The summed E-state index contributed by atoms with van der Waals surface area (Å²) in [6.45, 7) is 5.36. The van der Waals surface area contributed by atoms with Crippen molar-refractivity contribution in [3.05, 3.63) is 69.7 Å².